The Kier molecular flexibility index (Phi) is 6.30. The molecule has 0 spiro atoms. The number of nitrogens with zero attached hydrogens (tertiary/aromatic N) is 1. The van der Waals surface area contributed by atoms with Crippen LogP contribution in [0.4, 0.5) is 0 Å². The summed E-state index contributed by atoms with van der Waals surface area (Å²) < 4.78 is 62.3. The number of ether oxygens (including phenoxy) is 2. The number of methoxy groups -OCH3 is 1. The quantitative estimate of drug-likeness (QED) is 0.293. The lowest BCUT2D eigenvalue weighted by Gasteiger charge is -2.27. The minimum absolute atomic E-state index is 0.326. The first kappa shape index (κ1) is 23.5. The predicted molar refractivity (Wildman–Crippen MR) is 90.3 cm³/mol. The first-order chi connectivity index (χ1) is 13.8. The SMILES string of the molecule is COc1cc(=O)[nH]c(=O)n1[C@@H]1O[C@H](COP2(=O)OP(=O)(O)OP(=O)(O)O2)[C@@H](O)[C@H]1O. The maximum atomic E-state index is 12.2. The summed E-state index contributed by atoms with van der Waals surface area (Å²) in [6.07, 6.45) is -6.74. The molecule has 170 valence electrons. The zero-order chi connectivity index (χ0) is 22.5. The molecule has 5 N–H and O–H groups in total. The van der Waals surface area contributed by atoms with E-state index in [4.69, 9.17) is 9.47 Å². The molecule has 6 atom stereocenters. The largest absolute Gasteiger partial charge is 0.492 e. The Morgan fingerprint density at radius 3 is 2.27 bits per heavy atom. The van der Waals surface area contributed by atoms with Crippen LogP contribution in [0.25, 0.3) is 0 Å². The molecule has 0 aromatic carbocycles. The minimum atomic E-state index is -5.27. The van der Waals surface area contributed by atoms with E-state index in [2.05, 4.69) is 17.5 Å². The standard InChI is InChI=1S/C10H15N2O15P3/c1-22-6-2-5(13)11-10(16)12(6)9-8(15)7(14)4(24-9)3-23-30(21)26-28(17,18)25-29(19,20)27-30/h2,4,7-9,14-15H,3H2,1H3,(H,17,18)(H,19,20)(H,11,13,16)/t4-,7-,8-,9-/m1/s1. The van der Waals surface area contributed by atoms with E-state index in [1.807, 2.05) is 4.98 Å². The molecule has 0 bridgehead atoms. The van der Waals surface area contributed by atoms with E-state index in [1.165, 1.54) is 0 Å². The molecule has 2 saturated heterocycles. The fourth-order valence-electron chi connectivity index (χ4n) is 2.60. The average Bonchev–Trinajstić information content (AvgIpc) is 2.84. The Morgan fingerprint density at radius 1 is 1.10 bits per heavy atom. The summed E-state index contributed by atoms with van der Waals surface area (Å²) in [5.41, 5.74) is -1.86. The van der Waals surface area contributed by atoms with Crippen molar-refractivity contribution in [2.75, 3.05) is 13.7 Å². The molecular formula is C10H15N2O15P3. The van der Waals surface area contributed by atoms with Crippen molar-refractivity contribution in [1.29, 1.82) is 0 Å². The third-order valence-electron chi connectivity index (χ3n) is 3.75. The van der Waals surface area contributed by atoms with E-state index in [1.54, 1.807) is 0 Å². The van der Waals surface area contributed by atoms with Crippen molar-refractivity contribution in [3.05, 3.63) is 26.9 Å². The van der Waals surface area contributed by atoms with Gasteiger partial charge in [-0.15, -0.1) is 0 Å². The lowest BCUT2D eigenvalue weighted by molar-refractivity contribution is -0.0573. The summed E-state index contributed by atoms with van der Waals surface area (Å²) >= 11 is 0. The van der Waals surface area contributed by atoms with E-state index in [9.17, 15) is 43.3 Å². The molecule has 2 aliphatic heterocycles. The number of hydrogen-bond acceptors (Lipinski definition) is 13. The molecule has 3 rings (SSSR count). The van der Waals surface area contributed by atoms with Crippen LogP contribution < -0.4 is 16.0 Å². The zero-order valence-electron chi connectivity index (χ0n) is 14.7. The summed E-state index contributed by atoms with van der Waals surface area (Å²) in [7, 11) is -14.6. The van der Waals surface area contributed by atoms with E-state index >= 15 is 0 Å². The van der Waals surface area contributed by atoms with Crippen molar-refractivity contribution < 1.29 is 60.6 Å². The molecule has 1 aromatic rings. The van der Waals surface area contributed by atoms with Crippen LogP contribution in [0.3, 0.4) is 0 Å². The topological polar surface area (TPSA) is 242 Å². The number of phosphoric acid groups is 3. The van der Waals surface area contributed by atoms with Crippen molar-refractivity contribution in [2.24, 2.45) is 0 Å². The fraction of sp³-hybridized carbons (Fsp3) is 0.600. The third-order valence-corrected chi connectivity index (χ3v) is 9.12. The van der Waals surface area contributed by atoms with Gasteiger partial charge in [0.15, 0.2) is 6.23 Å². The number of aromatic nitrogens is 2. The molecule has 2 aliphatic rings. The van der Waals surface area contributed by atoms with Crippen LogP contribution >= 0.6 is 23.5 Å². The van der Waals surface area contributed by atoms with Crippen LogP contribution in [0.2, 0.25) is 0 Å². The Hall–Kier alpha value is -1.19. The lowest BCUT2D eigenvalue weighted by Crippen LogP contribution is -2.38. The lowest BCUT2D eigenvalue weighted by atomic mass is 10.1. The summed E-state index contributed by atoms with van der Waals surface area (Å²) in [5.74, 6) is -0.326. The van der Waals surface area contributed by atoms with E-state index in [0.717, 1.165) is 13.2 Å². The highest BCUT2D eigenvalue weighted by Gasteiger charge is 2.55. The third kappa shape index (κ3) is 4.83. The Labute approximate surface area is 165 Å². The number of H-pyrrole nitrogens is 1. The average molecular weight is 496 g/mol. The van der Waals surface area contributed by atoms with Crippen molar-refractivity contribution in [2.45, 2.75) is 24.5 Å². The maximum absolute atomic E-state index is 12.2. The first-order valence-corrected chi connectivity index (χ1v) is 12.2. The molecule has 1 aromatic heterocycles. The van der Waals surface area contributed by atoms with Crippen LogP contribution in [-0.2, 0) is 35.9 Å². The molecule has 0 radical (unpaired) electrons. The van der Waals surface area contributed by atoms with E-state index in [-0.39, 0.29) is 5.88 Å². The number of aliphatic hydroxyl groups is 2. The molecule has 2 fully saturated rings. The van der Waals surface area contributed by atoms with Gasteiger partial charge in [0.1, 0.15) is 18.3 Å². The van der Waals surface area contributed by atoms with Crippen LogP contribution in [0.1, 0.15) is 6.23 Å². The zero-order valence-corrected chi connectivity index (χ0v) is 17.3. The van der Waals surface area contributed by atoms with Crippen LogP contribution in [0, 0.1) is 0 Å². The van der Waals surface area contributed by atoms with Gasteiger partial charge in [-0.25, -0.2) is 23.1 Å². The molecule has 3 heterocycles. The van der Waals surface area contributed by atoms with Gasteiger partial charge in [-0.05, 0) is 0 Å². The highest BCUT2D eigenvalue weighted by atomic mass is 31.3. The summed E-state index contributed by atoms with van der Waals surface area (Å²) in [4.78, 5) is 43.7. The first-order valence-electron chi connectivity index (χ1n) is 7.71. The van der Waals surface area contributed by atoms with Crippen molar-refractivity contribution in [3.63, 3.8) is 0 Å². The van der Waals surface area contributed by atoms with Gasteiger partial charge in [0.2, 0.25) is 5.88 Å². The molecule has 0 amide bonds. The Bertz CT molecular complexity index is 1050. The van der Waals surface area contributed by atoms with Crippen molar-refractivity contribution in [3.8, 4) is 5.88 Å². The molecule has 2 unspecified atom stereocenters. The second kappa shape index (κ2) is 8.06. The summed E-state index contributed by atoms with van der Waals surface area (Å²) in [6, 6.07) is 0.868. The summed E-state index contributed by atoms with van der Waals surface area (Å²) in [6.45, 7) is -0.966. The number of rotatable bonds is 5. The van der Waals surface area contributed by atoms with Crippen molar-refractivity contribution >= 4 is 23.5 Å². The van der Waals surface area contributed by atoms with Crippen LogP contribution in [0.5, 0.6) is 5.88 Å². The normalized spacial score (nSPS) is 41.6. The van der Waals surface area contributed by atoms with Gasteiger partial charge in [-0.3, -0.25) is 14.3 Å². The number of nitrogens with one attached hydrogen (secondary N) is 1. The molecule has 17 nitrogen and oxygen atoms in total. The van der Waals surface area contributed by atoms with Gasteiger partial charge < -0.3 is 29.5 Å². The van der Waals surface area contributed by atoms with Gasteiger partial charge in [-0.1, -0.05) is 0 Å². The maximum Gasteiger partial charge on any atom is 0.492 e. The van der Waals surface area contributed by atoms with Crippen molar-refractivity contribution in [1.82, 2.24) is 9.55 Å². The van der Waals surface area contributed by atoms with Gasteiger partial charge >= 0.3 is 29.2 Å². The molecule has 0 saturated carbocycles. The molecule has 0 aliphatic carbocycles. The Balaban J connectivity index is 1.80. The fourth-order valence-corrected chi connectivity index (χ4v) is 7.54. The second-order valence-corrected chi connectivity index (χ2v) is 10.8. The monoisotopic (exact) mass is 496 g/mol. The molecular weight excluding hydrogens is 481 g/mol. The predicted octanol–water partition coefficient (Wildman–Crippen LogP) is -1.45. The van der Waals surface area contributed by atoms with E-state index < -0.39 is 65.9 Å². The van der Waals surface area contributed by atoms with Gasteiger partial charge in [-0.2, -0.15) is 12.9 Å². The Morgan fingerprint density at radius 2 is 1.70 bits per heavy atom. The minimum Gasteiger partial charge on any atom is -0.482 e. The number of aliphatic hydroxyl groups excluding tert-OH is 2. The highest BCUT2D eigenvalue weighted by molar-refractivity contribution is 7.74. The molecule has 20 heteroatoms. The van der Waals surface area contributed by atoms with Crippen LogP contribution in [0.15, 0.2) is 15.7 Å². The van der Waals surface area contributed by atoms with Gasteiger partial charge in [0, 0.05) is 0 Å². The highest BCUT2D eigenvalue weighted by Crippen LogP contribution is 2.80. The second-order valence-electron chi connectivity index (χ2n) is 5.82. The number of aromatic amines is 1. The number of hydrogen-bond donors (Lipinski definition) is 5. The summed E-state index contributed by atoms with van der Waals surface area (Å²) in [5, 5.41) is 20.3. The van der Waals surface area contributed by atoms with Gasteiger partial charge in [0.05, 0.1) is 19.8 Å². The molecule has 30 heavy (non-hydrogen) atoms. The van der Waals surface area contributed by atoms with E-state index in [0.29, 0.717) is 4.57 Å². The van der Waals surface area contributed by atoms with Gasteiger partial charge in [0.25, 0.3) is 5.56 Å². The van der Waals surface area contributed by atoms with Crippen LogP contribution in [-0.4, -0.2) is 61.6 Å². The smallest absolute Gasteiger partial charge is 0.482 e.